The highest BCUT2D eigenvalue weighted by Gasteiger charge is 2.26. The number of rotatable bonds is 9. The Balaban J connectivity index is 1.38. The van der Waals surface area contributed by atoms with Gasteiger partial charge in [-0.1, -0.05) is 29.3 Å². The first-order valence-electron chi connectivity index (χ1n) is 14.9. The second-order valence-corrected chi connectivity index (χ2v) is 12.9. The average Bonchev–Trinajstić information content (AvgIpc) is 3.61. The summed E-state index contributed by atoms with van der Waals surface area (Å²) in [6, 6.07) is 10.3. The van der Waals surface area contributed by atoms with Crippen LogP contribution in [0.25, 0.3) is 11.2 Å². The minimum absolute atomic E-state index is 0.0484. The molecular formula is C33H31Cl2N5O6S. The molecule has 244 valence electrons. The number of aryl methyl sites for hydroxylation is 2. The summed E-state index contributed by atoms with van der Waals surface area (Å²) in [5.74, 6) is 0.328. The lowest BCUT2D eigenvalue weighted by atomic mass is 9.95. The zero-order valence-electron chi connectivity index (χ0n) is 26.1. The van der Waals surface area contributed by atoms with E-state index in [9.17, 15) is 14.4 Å². The van der Waals surface area contributed by atoms with E-state index >= 15 is 0 Å². The van der Waals surface area contributed by atoms with Crippen molar-refractivity contribution in [1.29, 1.82) is 0 Å². The van der Waals surface area contributed by atoms with Crippen LogP contribution < -0.4 is 20.7 Å². The van der Waals surface area contributed by atoms with Gasteiger partial charge < -0.3 is 14.2 Å². The molecule has 0 radical (unpaired) electrons. The molecule has 0 bridgehead atoms. The second kappa shape index (κ2) is 13.4. The predicted molar refractivity (Wildman–Crippen MR) is 183 cm³/mol. The molecule has 1 aliphatic rings. The Morgan fingerprint density at radius 3 is 2.60 bits per heavy atom. The van der Waals surface area contributed by atoms with Gasteiger partial charge in [-0.15, -0.1) is 11.3 Å². The number of aromatic nitrogens is 4. The SMILES string of the molecule is CCOC(=O)c1c(/N=C/c2ccc(Oc3nc4c(c(=O)n(C)c(=O)n4C)n3Cc3ccc(Cl)cc3Cl)c(OC)c2)sc2c1CCCC2. The molecule has 5 aromatic rings. The van der Waals surface area contributed by atoms with Crippen LogP contribution in [0.2, 0.25) is 10.0 Å². The maximum absolute atomic E-state index is 13.4. The molecule has 0 amide bonds. The molecule has 3 heterocycles. The Morgan fingerprint density at radius 1 is 1.06 bits per heavy atom. The minimum Gasteiger partial charge on any atom is -0.493 e. The Kier molecular flexibility index (Phi) is 9.27. The minimum atomic E-state index is -0.536. The molecule has 0 atom stereocenters. The number of carbonyl (C=O) groups excluding carboxylic acids is 1. The van der Waals surface area contributed by atoms with E-state index in [2.05, 4.69) is 4.98 Å². The number of thiophene rings is 1. The largest absolute Gasteiger partial charge is 0.493 e. The summed E-state index contributed by atoms with van der Waals surface area (Å²) in [4.78, 5) is 49.4. The molecule has 11 nitrogen and oxygen atoms in total. The first-order valence-corrected chi connectivity index (χ1v) is 16.5. The molecular weight excluding hydrogens is 665 g/mol. The summed E-state index contributed by atoms with van der Waals surface area (Å²) in [7, 11) is 4.44. The third kappa shape index (κ3) is 6.20. The normalized spacial score (nSPS) is 12.9. The van der Waals surface area contributed by atoms with E-state index in [1.54, 1.807) is 54.1 Å². The van der Waals surface area contributed by atoms with E-state index in [1.165, 1.54) is 42.0 Å². The number of nitrogens with zero attached hydrogens (tertiary/aromatic N) is 5. The van der Waals surface area contributed by atoms with Crippen molar-refractivity contribution in [3.05, 3.63) is 94.4 Å². The van der Waals surface area contributed by atoms with Crippen LogP contribution in [0.3, 0.4) is 0 Å². The molecule has 0 saturated heterocycles. The Bertz CT molecular complexity index is 2180. The van der Waals surface area contributed by atoms with Crippen molar-refractivity contribution in [2.45, 2.75) is 39.2 Å². The number of aliphatic imine (C=N–C) groups is 1. The number of carbonyl (C=O) groups is 1. The summed E-state index contributed by atoms with van der Waals surface area (Å²) in [5, 5.41) is 1.48. The van der Waals surface area contributed by atoms with Crippen molar-refractivity contribution in [3.8, 4) is 17.5 Å². The van der Waals surface area contributed by atoms with Crippen LogP contribution in [-0.2, 0) is 38.2 Å². The number of fused-ring (bicyclic) bond motifs is 2. The number of hydrogen-bond acceptors (Lipinski definition) is 9. The van der Waals surface area contributed by atoms with Gasteiger partial charge in [0.15, 0.2) is 22.7 Å². The Hall–Kier alpha value is -4.39. The van der Waals surface area contributed by atoms with Crippen LogP contribution in [0.4, 0.5) is 5.00 Å². The van der Waals surface area contributed by atoms with Gasteiger partial charge in [0.2, 0.25) is 0 Å². The topological polar surface area (TPSA) is 119 Å². The molecule has 47 heavy (non-hydrogen) atoms. The standard InChI is InChI=1S/C33H31Cl2N5O6S/c1-5-45-31(42)26-21-8-6-7-9-25(21)47-29(26)36-16-18-10-13-23(24(14-18)44-4)46-32-37-28-27(30(41)39(3)33(43)38(28)2)40(32)17-19-11-12-20(34)15-22(19)35/h10-16H,5-9,17H2,1-4H3/b36-16+. The van der Waals surface area contributed by atoms with E-state index < -0.39 is 11.2 Å². The predicted octanol–water partition coefficient (Wildman–Crippen LogP) is 6.46. The highest BCUT2D eigenvalue weighted by molar-refractivity contribution is 7.16. The van der Waals surface area contributed by atoms with Crippen LogP contribution in [0.5, 0.6) is 17.5 Å². The molecule has 1 aliphatic carbocycles. The first-order chi connectivity index (χ1) is 22.6. The van der Waals surface area contributed by atoms with Gasteiger partial charge >= 0.3 is 17.7 Å². The highest BCUT2D eigenvalue weighted by Crippen LogP contribution is 2.40. The first kappa shape index (κ1) is 32.5. The van der Waals surface area contributed by atoms with Crippen molar-refractivity contribution in [1.82, 2.24) is 18.7 Å². The summed E-state index contributed by atoms with van der Waals surface area (Å²) >= 11 is 14.1. The molecule has 0 saturated carbocycles. The number of benzene rings is 2. The fourth-order valence-electron chi connectivity index (χ4n) is 5.61. The molecule has 0 fully saturated rings. The molecule has 0 aliphatic heterocycles. The maximum Gasteiger partial charge on any atom is 0.341 e. The van der Waals surface area contributed by atoms with Crippen molar-refractivity contribution in [3.63, 3.8) is 0 Å². The maximum atomic E-state index is 13.4. The van der Waals surface area contributed by atoms with Gasteiger partial charge in [0, 0.05) is 35.2 Å². The summed E-state index contributed by atoms with van der Waals surface area (Å²) < 4.78 is 21.2. The van der Waals surface area contributed by atoms with E-state index in [1.807, 2.05) is 0 Å². The number of hydrogen-bond donors (Lipinski definition) is 0. The zero-order valence-corrected chi connectivity index (χ0v) is 28.5. The fourth-order valence-corrected chi connectivity index (χ4v) is 7.30. The van der Waals surface area contributed by atoms with Crippen molar-refractivity contribution >= 4 is 62.9 Å². The Morgan fingerprint density at radius 2 is 1.85 bits per heavy atom. The van der Waals surface area contributed by atoms with Crippen LogP contribution in [0, 0.1) is 0 Å². The number of halogens is 2. The van der Waals surface area contributed by atoms with Crippen LogP contribution in [-0.4, -0.2) is 44.6 Å². The molecule has 0 unspecified atom stereocenters. The van der Waals surface area contributed by atoms with E-state index in [0.29, 0.717) is 43.2 Å². The molecule has 2 aromatic carbocycles. The van der Waals surface area contributed by atoms with Gasteiger partial charge in [0.25, 0.3) is 5.56 Å². The van der Waals surface area contributed by atoms with Crippen LogP contribution >= 0.6 is 34.5 Å². The van der Waals surface area contributed by atoms with E-state index in [4.69, 9.17) is 42.4 Å². The van der Waals surface area contributed by atoms with E-state index in [-0.39, 0.29) is 36.3 Å². The van der Waals surface area contributed by atoms with Crippen LogP contribution in [0.15, 0.2) is 51.0 Å². The number of methoxy groups -OCH3 is 1. The lowest BCUT2D eigenvalue weighted by Crippen LogP contribution is -2.37. The van der Waals surface area contributed by atoms with Crippen LogP contribution in [0.1, 0.15) is 51.7 Å². The smallest absolute Gasteiger partial charge is 0.341 e. The zero-order chi connectivity index (χ0) is 33.4. The van der Waals surface area contributed by atoms with Gasteiger partial charge in [-0.05, 0) is 79.6 Å². The molecule has 0 spiro atoms. The Labute approximate surface area is 283 Å². The monoisotopic (exact) mass is 695 g/mol. The summed E-state index contributed by atoms with van der Waals surface area (Å²) in [6.07, 6.45) is 5.55. The third-order valence-electron chi connectivity index (χ3n) is 8.01. The van der Waals surface area contributed by atoms with Gasteiger partial charge in [-0.3, -0.25) is 18.5 Å². The number of imidazole rings is 1. The summed E-state index contributed by atoms with van der Waals surface area (Å²) in [5.41, 5.74) is 2.21. The van der Waals surface area contributed by atoms with Gasteiger partial charge in [0.05, 0.1) is 25.8 Å². The van der Waals surface area contributed by atoms with Gasteiger partial charge in [-0.25, -0.2) is 14.6 Å². The second-order valence-electron chi connectivity index (χ2n) is 11.0. The number of ether oxygens (including phenoxy) is 3. The number of esters is 1. The van der Waals surface area contributed by atoms with E-state index in [0.717, 1.165) is 35.8 Å². The van der Waals surface area contributed by atoms with Crippen molar-refractivity contribution < 1.29 is 19.0 Å². The van der Waals surface area contributed by atoms with Gasteiger partial charge in [-0.2, -0.15) is 4.98 Å². The molecule has 14 heteroatoms. The third-order valence-corrected chi connectivity index (χ3v) is 9.80. The summed E-state index contributed by atoms with van der Waals surface area (Å²) in [6.45, 7) is 2.19. The molecule has 3 aromatic heterocycles. The quantitative estimate of drug-likeness (QED) is 0.128. The lowest BCUT2D eigenvalue weighted by molar-refractivity contribution is 0.0526. The molecule has 0 N–H and O–H groups in total. The van der Waals surface area contributed by atoms with Crippen molar-refractivity contribution in [2.24, 2.45) is 19.1 Å². The average molecular weight is 697 g/mol. The highest BCUT2D eigenvalue weighted by atomic mass is 35.5. The van der Waals surface area contributed by atoms with Crippen molar-refractivity contribution in [2.75, 3.05) is 13.7 Å². The lowest BCUT2D eigenvalue weighted by Gasteiger charge is -2.13. The fraction of sp³-hybridized carbons (Fsp3) is 0.303. The molecule has 6 rings (SSSR count). The van der Waals surface area contributed by atoms with Gasteiger partial charge in [0.1, 0.15) is 5.00 Å².